The lowest BCUT2D eigenvalue weighted by atomic mass is 10.1. The number of H-pyrrole nitrogens is 1. The van der Waals surface area contributed by atoms with E-state index in [1.807, 2.05) is 17.7 Å². The molecule has 1 aromatic carbocycles. The fourth-order valence-corrected chi connectivity index (χ4v) is 1.99. The number of para-hydroxylation sites is 1. The van der Waals surface area contributed by atoms with Gasteiger partial charge in [0.15, 0.2) is 12.4 Å². The van der Waals surface area contributed by atoms with E-state index in [4.69, 9.17) is 0 Å². The maximum Gasteiger partial charge on any atom is 0.169 e. The largest absolute Gasteiger partial charge is 0.361 e. The topological polar surface area (TPSA) is 19.7 Å². The number of nitrogens with one attached hydrogen (secondary N) is 1. The Bertz CT molecular complexity index is 621. The van der Waals surface area contributed by atoms with Crippen molar-refractivity contribution in [3.63, 3.8) is 0 Å². The average Bonchev–Trinajstić information content (AvgIpc) is 2.74. The van der Waals surface area contributed by atoms with Gasteiger partial charge in [0.25, 0.3) is 0 Å². The normalized spacial score (nSPS) is 10.8. The Labute approximate surface area is 94.2 Å². The Balaban J connectivity index is 2.22. The van der Waals surface area contributed by atoms with E-state index in [0.717, 1.165) is 0 Å². The van der Waals surface area contributed by atoms with Crippen molar-refractivity contribution >= 4 is 10.9 Å². The molecule has 0 saturated heterocycles. The molecule has 2 heteroatoms. The predicted octanol–water partition coefficient (Wildman–Crippen LogP) is 2.66. The van der Waals surface area contributed by atoms with Crippen LogP contribution in [-0.2, 0) is 7.05 Å². The highest BCUT2D eigenvalue weighted by Gasteiger charge is 2.05. The van der Waals surface area contributed by atoms with Crippen molar-refractivity contribution in [1.82, 2.24) is 4.98 Å². The molecule has 16 heavy (non-hydrogen) atoms. The van der Waals surface area contributed by atoms with Crippen molar-refractivity contribution in [3.8, 4) is 11.1 Å². The summed E-state index contributed by atoms with van der Waals surface area (Å²) in [5, 5.41) is 1.27. The molecule has 1 N–H and O–H groups in total. The highest BCUT2D eigenvalue weighted by molar-refractivity contribution is 5.95. The molecule has 0 aliphatic heterocycles. The molecule has 3 aromatic rings. The van der Waals surface area contributed by atoms with Crippen LogP contribution < -0.4 is 4.57 Å². The van der Waals surface area contributed by atoms with Crippen LogP contribution in [0.3, 0.4) is 0 Å². The summed E-state index contributed by atoms with van der Waals surface area (Å²) in [5.41, 5.74) is 3.69. The van der Waals surface area contributed by atoms with Gasteiger partial charge in [-0.05, 0) is 11.6 Å². The SMILES string of the molecule is C[n+]1ccc(-c2c[nH]c3ccccc23)cc1. The van der Waals surface area contributed by atoms with Crippen LogP contribution in [0.2, 0.25) is 0 Å². The van der Waals surface area contributed by atoms with Crippen molar-refractivity contribution in [2.45, 2.75) is 0 Å². The lowest BCUT2D eigenvalue weighted by Gasteiger charge is -1.97. The predicted molar refractivity (Wildman–Crippen MR) is 64.9 cm³/mol. The van der Waals surface area contributed by atoms with Crippen molar-refractivity contribution in [3.05, 3.63) is 55.0 Å². The molecule has 3 rings (SSSR count). The van der Waals surface area contributed by atoms with Gasteiger partial charge < -0.3 is 4.98 Å². The molecule has 0 fully saturated rings. The summed E-state index contributed by atoms with van der Waals surface area (Å²) < 4.78 is 2.04. The lowest BCUT2D eigenvalue weighted by molar-refractivity contribution is -0.671. The zero-order chi connectivity index (χ0) is 11.0. The maximum atomic E-state index is 3.29. The molecule has 0 amide bonds. The Morgan fingerprint density at radius 2 is 1.75 bits per heavy atom. The van der Waals surface area contributed by atoms with Crippen LogP contribution in [0.5, 0.6) is 0 Å². The van der Waals surface area contributed by atoms with E-state index in [0.29, 0.717) is 0 Å². The van der Waals surface area contributed by atoms with E-state index in [1.54, 1.807) is 0 Å². The van der Waals surface area contributed by atoms with Gasteiger partial charge in [-0.2, -0.15) is 0 Å². The van der Waals surface area contributed by atoms with Gasteiger partial charge in [0.05, 0.1) is 0 Å². The molecular weight excluding hydrogens is 196 g/mol. The van der Waals surface area contributed by atoms with Crippen molar-refractivity contribution in [1.29, 1.82) is 0 Å². The van der Waals surface area contributed by atoms with Gasteiger partial charge in [0.2, 0.25) is 0 Å². The van der Waals surface area contributed by atoms with Crippen molar-refractivity contribution in [2.75, 3.05) is 0 Å². The Hall–Kier alpha value is -2.09. The minimum atomic E-state index is 1.19. The molecular formula is C14H13N2+. The van der Waals surface area contributed by atoms with Crippen LogP contribution in [0.15, 0.2) is 55.0 Å². The summed E-state index contributed by atoms with van der Waals surface area (Å²) in [6.07, 6.45) is 6.20. The minimum absolute atomic E-state index is 1.19. The smallest absolute Gasteiger partial charge is 0.169 e. The molecule has 0 saturated carbocycles. The first-order valence-electron chi connectivity index (χ1n) is 5.36. The third kappa shape index (κ3) is 1.39. The number of aromatic amines is 1. The van der Waals surface area contributed by atoms with Gasteiger partial charge >= 0.3 is 0 Å². The zero-order valence-corrected chi connectivity index (χ0v) is 9.14. The average molecular weight is 209 g/mol. The number of aryl methyl sites for hydroxylation is 1. The first-order chi connectivity index (χ1) is 7.84. The highest BCUT2D eigenvalue weighted by Crippen LogP contribution is 2.27. The Kier molecular flexibility index (Phi) is 2.00. The van der Waals surface area contributed by atoms with Gasteiger partial charge in [0.1, 0.15) is 7.05 Å². The molecule has 2 heterocycles. The second-order valence-corrected chi connectivity index (χ2v) is 4.00. The standard InChI is InChI=1S/C14H12N2/c1-16-8-6-11(7-9-16)13-10-15-14-5-3-2-4-12(13)14/h2-10H,1H3/p+1. The fourth-order valence-electron chi connectivity index (χ4n) is 1.99. The second kappa shape index (κ2) is 3.49. The Morgan fingerprint density at radius 1 is 1.00 bits per heavy atom. The van der Waals surface area contributed by atoms with Crippen molar-refractivity contribution < 1.29 is 4.57 Å². The number of nitrogens with zero attached hydrogens (tertiary/aromatic N) is 1. The van der Waals surface area contributed by atoms with E-state index in [1.165, 1.54) is 22.0 Å². The van der Waals surface area contributed by atoms with Crippen LogP contribution in [0.25, 0.3) is 22.0 Å². The van der Waals surface area contributed by atoms with Crippen molar-refractivity contribution in [2.24, 2.45) is 7.05 Å². The summed E-state index contributed by atoms with van der Waals surface area (Å²) in [5.74, 6) is 0. The molecule has 0 radical (unpaired) electrons. The van der Waals surface area contributed by atoms with E-state index in [2.05, 4.69) is 53.9 Å². The number of aromatic nitrogens is 2. The van der Waals surface area contributed by atoms with Gasteiger partial charge in [-0.15, -0.1) is 0 Å². The number of hydrogen-bond acceptors (Lipinski definition) is 0. The van der Waals surface area contributed by atoms with E-state index >= 15 is 0 Å². The molecule has 0 aliphatic rings. The molecule has 0 unspecified atom stereocenters. The summed E-state index contributed by atoms with van der Waals surface area (Å²) in [6.45, 7) is 0. The Morgan fingerprint density at radius 3 is 2.56 bits per heavy atom. The van der Waals surface area contributed by atoms with Gasteiger partial charge in [-0.1, -0.05) is 18.2 Å². The van der Waals surface area contributed by atoms with E-state index in [9.17, 15) is 0 Å². The van der Waals surface area contributed by atoms with Crippen LogP contribution >= 0.6 is 0 Å². The molecule has 0 atom stereocenters. The van der Waals surface area contributed by atoms with Crippen LogP contribution in [0.1, 0.15) is 0 Å². The van der Waals surface area contributed by atoms with Crippen LogP contribution in [0, 0.1) is 0 Å². The maximum absolute atomic E-state index is 3.29. The summed E-state index contributed by atoms with van der Waals surface area (Å²) in [7, 11) is 2.03. The molecule has 0 bridgehead atoms. The van der Waals surface area contributed by atoms with E-state index < -0.39 is 0 Å². The zero-order valence-electron chi connectivity index (χ0n) is 9.14. The van der Waals surface area contributed by atoms with Crippen LogP contribution in [-0.4, -0.2) is 4.98 Å². The monoisotopic (exact) mass is 209 g/mol. The minimum Gasteiger partial charge on any atom is -0.361 e. The number of benzene rings is 1. The number of pyridine rings is 1. The molecule has 2 nitrogen and oxygen atoms in total. The van der Waals surface area contributed by atoms with Gasteiger partial charge in [-0.3, -0.25) is 0 Å². The second-order valence-electron chi connectivity index (χ2n) is 4.00. The van der Waals surface area contributed by atoms with Gasteiger partial charge in [-0.25, -0.2) is 4.57 Å². The summed E-state index contributed by atoms with van der Waals surface area (Å²) >= 11 is 0. The third-order valence-corrected chi connectivity index (χ3v) is 2.88. The molecule has 2 aromatic heterocycles. The molecule has 0 aliphatic carbocycles. The number of rotatable bonds is 1. The highest BCUT2D eigenvalue weighted by atomic mass is 14.9. The van der Waals surface area contributed by atoms with Crippen LogP contribution in [0.4, 0.5) is 0 Å². The fraction of sp³-hybridized carbons (Fsp3) is 0.0714. The third-order valence-electron chi connectivity index (χ3n) is 2.88. The summed E-state index contributed by atoms with van der Waals surface area (Å²) in [4.78, 5) is 3.29. The first-order valence-corrected chi connectivity index (χ1v) is 5.36. The molecule has 0 spiro atoms. The summed E-state index contributed by atoms with van der Waals surface area (Å²) in [6, 6.07) is 12.6. The molecule has 78 valence electrons. The quantitative estimate of drug-likeness (QED) is 0.594. The number of hydrogen-bond donors (Lipinski definition) is 1. The first kappa shape index (κ1) is 9.16. The number of fused-ring (bicyclic) bond motifs is 1. The lowest BCUT2D eigenvalue weighted by Crippen LogP contribution is -2.25. The van der Waals surface area contributed by atoms with Gasteiger partial charge in [0, 0.05) is 34.8 Å². The van der Waals surface area contributed by atoms with E-state index in [-0.39, 0.29) is 0 Å².